The van der Waals surface area contributed by atoms with E-state index in [4.69, 9.17) is 0 Å². The average Bonchev–Trinajstić information content (AvgIpc) is 4.39. The summed E-state index contributed by atoms with van der Waals surface area (Å²) in [4.78, 5) is 0. The Balaban J connectivity index is 0.000000551. The van der Waals surface area contributed by atoms with Gasteiger partial charge in [-0.25, -0.2) is 0 Å². The summed E-state index contributed by atoms with van der Waals surface area (Å²) in [5.41, 5.74) is 17.9. The molecule has 0 aliphatic carbocycles. The molecule has 0 fully saturated rings. The Labute approximate surface area is 563 Å². The van der Waals surface area contributed by atoms with E-state index >= 15 is 0 Å². The monoisotopic (exact) mass is 1310 g/mol. The van der Waals surface area contributed by atoms with Crippen LogP contribution in [0.4, 0.5) is 0 Å². The van der Waals surface area contributed by atoms with Crippen molar-refractivity contribution in [1.82, 2.24) is 0 Å². The van der Waals surface area contributed by atoms with Crippen LogP contribution in [-0.4, -0.2) is 45.3 Å². The van der Waals surface area contributed by atoms with Crippen molar-refractivity contribution >= 4 is 96.0 Å². The molecule has 8 heteroatoms. The van der Waals surface area contributed by atoms with Crippen molar-refractivity contribution in [3.8, 4) is 0 Å². The molecule has 8 aromatic rings. The second kappa shape index (κ2) is 38.0. The van der Waals surface area contributed by atoms with Crippen LogP contribution in [0.15, 0.2) is 97.1 Å². The molecule has 0 nitrogen and oxygen atoms in total. The Morgan fingerprint density at radius 3 is 0.512 bits per heavy atom. The van der Waals surface area contributed by atoms with Crippen molar-refractivity contribution in [2.45, 2.75) is 263 Å². The summed E-state index contributed by atoms with van der Waals surface area (Å²) in [5, 5.41) is 18.3. The average molecular weight is 1320 g/mol. The van der Waals surface area contributed by atoms with Gasteiger partial charge < -0.3 is 24.8 Å². The summed E-state index contributed by atoms with van der Waals surface area (Å²) in [6, 6.07) is 38.0. The molecule has 8 unspecified atom stereocenters. The van der Waals surface area contributed by atoms with Crippen LogP contribution in [0.2, 0.25) is 0 Å². The Bertz CT molecular complexity index is 2570. The van der Waals surface area contributed by atoms with Crippen molar-refractivity contribution in [3.63, 3.8) is 0 Å². The number of rotatable bonds is 20. The first-order chi connectivity index (χ1) is 38.0. The van der Waals surface area contributed by atoms with Crippen LogP contribution in [0.25, 0.3) is 43.1 Å². The predicted molar refractivity (Wildman–Crippen MR) is 380 cm³/mol. The maximum atomic E-state index is 2.49. The standard InChI is InChI=1S/4C19H28P.2ClH.2Ti/c4*1-7-15(5)20(16(6)8-2)17-11-18-13(3)9-10-14(4)19(18)12-17;;;;/h4*9-12,15-16H,7-8H2,1-6H3;2*1H;;/q4*-1;;;2*+2/p-2. The third-order valence-corrected chi connectivity index (χ3v) is 32.9. The Hall–Kier alpha value is -0.951. The van der Waals surface area contributed by atoms with Gasteiger partial charge in [-0.1, -0.05) is 217 Å². The fourth-order valence-corrected chi connectivity index (χ4v) is 25.2. The van der Waals surface area contributed by atoms with E-state index in [1.54, 1.807) is 21.2 Å². The van der Waals surface area contributed by atoms with Crippen LogP contribution < -0.4 is 46.0 Å². The van der Waals surface area contributed by atoms with Crippen molar-refractivity contribution in [3.05, 3.63) is 142 Å². The van der Waals surface area contributed by atoms with E-state index in [1.807, 2.05) is 0 Å². The Morgan fingerprint density at radius 2 is 0.393 bits per heavy atom. The van der Waals surface area contributed by atoms with E-state index < -0.39 is 0 Å². The minimum atomic E-state index is -0.0500. The molecule has 0 spiro atoms. The Kier molecular flexibility index (Phi) is 36.7. The third-order valence-electron chi connectivity index (χ3n) is 18.9. The van der Waals surface area contributed by atoms with Gasteiger partial charge in [0, 0.05) is 0 Å². The first kappa shape index (κ1) is 81.1. The Morgan fingerprint density at radius 1 is 0.262 bits per heavy atom. The molecule has 0 amide bonds. The van der Waals surface area contributed by atoms with Crippen LogP contribution >= 0.6 is 31.7 Å². The molecule has 0 aliphatic rings. The third kappa shape index (κ3) is 19.5. The second-order valence-corrected chi connectivity index (χ2v) is 37.0. The van der Waals surface area contributed by atoms with Gasteiger partial charge in [0.15, 0.2) is 0 Å². The molecular weight excluding hydrogens is 1200 g/mol. The van der Waals surface area contributed by atoms with Crippen LogP contribution in [0.5, 0.6) is 0 Å². The number of hydrogen-bond donors (Lipinski definition) is 0. The molecule has 0 bridgehead atoms. The molecule has 0 aliphatic heterocycles. The molecule has 0 heterocycles. The molecule has 0 aromatic heterocycles. The molecule has 0 N–H and O–H groups in total. The largest absolute Gasteiger partial charge is 2.00 e. The van der Waals surface area contributed by atoms with Gasteiger partial charge in [0.2, 0.25) is 0 Å². The van der Waals surface area contributed by atoms with Crippen LogP contribution in [0.3, 0.4) is 0 Å². The van der Waals surface area contributed by atoms with Crippen molar-refractivity contribution < 1.29 is 68.2 Å². The smallest absolute Gasteiger partial charge is 1.00 e. The van der Waals surface area contributed by atoms with E-state index in [0.717, 1.165) is 45.3 Å². The van der Waals surface area contributed by atoms with Crippen molar-refractivity contribution in [2.24, 2.45) is 0 Å². The zero-order valence-electron chi connectivity index (χ0n) is 57.1. The van der Waals surface area contributed by atoms with E-state index in [0.29, 0.717) is 0 Å². The summed E-state index contributed by atoms with van der Waals surface area (Å²) < 4.78 is 0. The summed E-state index contributed by atoms with van der Waals surface area (Å²) in [6.07, 6.45) is 10.3. The fraction of sp³-hybridized carbons (Fsp3) is 0.526. The topological polar surface area (TPSA) is 0 Å². The molecule has 460 valence electrons. The van der Waals surface area contributed by atoms with Crippen molar-refractivity contribution in [2.75, 3.05) is 0 Å². The van der Waals surface area contributed by atoms with Crippen LogP contribution in [-0.2, 0) is 43.4 Å². The zero-order valence-corrected chi connectivity index (χ0v) is 65.3. The minimum Gasteiger partial charge on any atom is -1.00 e. The first-order valence-corrected chi connectivity index (χ1v) is 37.7. The summed E-state index contributed by atoms with van der Waals surface area (Å²) in [5.74, 6) is 0. The first-order valence-electron chi connectivity index (χ1n) is 31.8. The van der Waals surface area contributed by atoms with Crippen molar-refractivity contribution in [1.29, 1.82) is 0 Å². The van der Waals surface area contributed by atoms with Gasteiger partial charge in [0.05, 0.1) is 0 Å². The molecule has 84 heavy (non-hydrogen) atoms. The van der Waals surface area contributed by atoms with E-state index in [9.17, 15) is 0 Å². The maximum absolute atomic E-state index is 2.49. The van der Waals surface area contributed by atoms with Gasteiger partial charge in [0.25, 0.3) is 0 Å². The number of benzene rings is 4. The van der Waals surface area contributed by atoms with Gasteiger partial charge in [0.1, 0.15) is 0 Å². The SMILES string of the molecule is CCC(C)P(c1cc2c(C)ccc(C)c2[cH-]1)C(C)CC.CCC(C)P(c1cc2c(C)ccc(C)c2[cH-]1)C(C)CC.CCC(C)P(c1cc2c(C)ccc(C)c2[cH-]1)C(C)CC.CCC(C)P(c1cc2c(C)ccc(C)c2[cH-]1)C(C)CC.[Cl-].[Cl-].[Ti+2].[Ti+2]. The van der Waals surface area contributed by atoms with Crippen LogP contribution in [0.1, 0.15) is 207 Å². The fourth-order valence-electron chi connectivity index (χ4n) is 12.2. The molecule has 8 aromatic carbocycles. The molecular formula is C76H112Cl2P4Ti2-2. The minimum absolute atomic E-state index is 0. The molecule has 0 saturated carbocycles. The molecule has 0 radical (unpaired) electrons. The summed E-state index contributed by atoms with van der Waals surface area (Å²) in [6.45, 7) is 56.1. The number of halogens is 2. The van der Waals surface area contributed by atoms with Crippen LogP contribution in [0, 0.1) is 55.4 Å². The molecule has 0 saturated heterocycles. The van der Waals surface area contributed by atoms with Gasteiger partial charge >= 0.3 is 43.4 Å². The summed E-state index contributed by atoms with van der Waals surface area (Å²) >= 11 is 0. The molecule has 8 atom stereocenters. The van der Waals surface area contributed by atoms with Gasteiger partial charge in [-0.15, -0.1) is 135 Å². The quantitative estimate of drug-likeness (QED) is 0.0405. The number of fused-ring (bicyclic) bond motifs is 4. The number of hydrogen-bond acceptors (Lipinski definition) is 0. The van der Waals surface area contributed by atoms with E-state index in [2.05, 4.69) is 263 Å². The zero-order chi connectivity index (χ0) is 59.4. The summed E-state index contributed by atoms with van der Waals surface area (Å²) in [7, 11) is -0.200. The second-order valence-electron chi connectivity index (χ2n) is 24.6. The van der Waals surface area contributed by atoms with Gasteiger partial charge in [-0.05, 0) is 124 Å². The van der Waals surface area contributed by atoms with Gasteiger partial charge in [-0.3, -0.25) is 0 Å². The number of aryl methyl sites for hydroxylation is 8. The van der Waals surface area contributed by atoms with E-state index in [1.165, 1.54) is 139 Å². The van der Waals surface area contributed by atoms with Gasteiger partial charge in [-0.2, -0.15) is 24.3 Å². The van der Waals surface area contributed by atoms with E-state index in [-0.39, 0.29) is 99.9 Å². The molecule has 8 rings (SSSR count). The predicted octanol–water partition coefficient (Wildman–Crippen LogP) is 17.5. The maximum Gasteiger partial charge on any atom is 2.00 e. The normalized spacial score (nSPS) is 15.5.